The Hall–Kier alpha value is -1.52. The highest BCUT2D eigenvalue weighted by Crippen LogP contribution is 2.25. The van der Waals surface area contributed by atoms with Crippen LogP contribution >= 0.6 is 27.5 Å². The lowest BCUT2D eigenvalue weighted by atomic mass is 10.2. The highest BCUT2D eigenvalue weighted by atomic mass is 79.9. The van der Waals surface area contributed by atoms with Gasteiger partial charge in [0.15, 0.2) is 0 Å². The normalized spacial score (nSPS) is 10.0. The fourth-order valence-corrected chi connectivity index (χ4v) is 2.06. The SMILES string of the molecule is O=C(NCc1ccccc1)Nc1cc(Cl)ccc1Br. The minimum absolute atomic E-state index is 0.271. The van der Waals surface area contributed by atoms with Crippen LogP contribution in [0, 0.1) is 0 Å². The van der Waals surface area contributed by atoms with Crippen molar-refractivity contribution in [2.24, 2.45) is 0 Å². The molecule has 0 atom stereocenters. The average molecular weight is 340 g/mol. The van der Waals surface area contributed by atoms with E-state index in [2.05, 4.69) is 26.6 Å². The number of urea groups is 1. The summed E-state index contributed by atoms with van der Waals surface area (Å²) in [5.41, 5.74) is 1.68. The minimum atomic E-state index is -0.271. The van der Waals surface area contributed by atoms with Crippen LogP contribution < -0.4 is 10.6 Å². The van der Waals surface area contributed by atoms with Crippen LogP contribution in [0.4, 0.5) is 10.5 Å². The predicted molar refractivity (Wildman–Crippen MR) is 81.5 cm³/mol. The van der Waals surface area contributed by atoms with Gasteiger partial charge in [-0.3, -0.25) is 0 Å². The van der Waals surface area contributed by atoms with Crippen molar-refractivity contribution in [3.05, 3.63) is 63.6 Å². The quantitative estimate of drug-likeness (QED) is 0.853. The van der Waals surface area contributed by atoms with Crippen molar-refractivity contribution in [2.45, 2.75) is 6.54 Å². The van der Waals surface area contributed by atoms with E-state index in [-0.39, 0.29) is 6.03 Å². The molecule has 19 heavy (non-hydrogen) atoms. The average Bonchev–Trinajstić information content (AvgIpc) is 2.42. The molecule has 0 aliphatic heterocycles. The highest BCUT2D eigenvalue weighted by Gasteiger charge is 2.05. The first-order valence-electron chi connectivity index (χ1n) is 5.69. The molecule has 0 unspecified atom stereocenters. The summed E-state index contributed by atoms with van der Waals surface area (Å²) < 4.78 is 0.784. The Morgan fingerprint density at radius 2 is 1.89 bits per heavy atom. The Morgan fingerprint density at radius 3 is 2.63 bits per heavy atom. The summed E-state index contributed by atoms with van der Waals surface area (Å²) >= 11 is 9.23. The van der Waals surface area contributed by atoms with Crippen LogP contribution in [-0.2, 0) is 6.54 Å². The summed E-state index contributed by atoms with van der Waals surface area (Å²) in [6.45, 7) is 0.477. The van der Waals surface area contributed by atoms with Crippen LogP contribution in [0.15, 0.2) is 53.0 Å². The highest BCUT2D eigenvalue weighted by molar-refractivity contribution is 9.10. The molecule has 0 spiro atoms. The van der Waals surface area contributed by atoms with Crippen molar-refractivity contribution >= 4 is 39.2 Å². The molecular weight excluding hydrogens is 328 g/mol. The minimum Gasteiger partial charge on any atom is -0.334 e. The Morgan fingerprint density at radius 1 is 1.16 bits per heavy atom. The van der Waals surface area contributed by atoms with Crippen molar-refractivity contribution in [1.29, 1.82) is 0 Å². The second kappa shape index (κ2) is 6.59. The summed E-state index contributed by atoms with van der Waals surface area (Å²) in [5, 5.41) is 6.09. The largest absolute Gasteiger partial charge is 0.334 e. The lowest BCUT2D eigenvalue weighted by Gasteiger charge is -2.09. The number of hydrogen-bond donors (Lipinski definition) is 2. The first-order chi connectivity index (χ1) is 9.15. The van der Waals surface area contributed by atoms with Gasteiger partial charge in [0, 0.05) is 16.0 Å². The van der Waals surface area contributed by atoms with E-state index in [0.29, 0.717) is 17.3 Å². The number of anilines is 1. The standard InChI is InChI=1S/C14H12BrClN2O/c15-12-7-6-11(16)8-13(12)18-14(19)17-9-10-4-2-1-3-5-10/h1-8H,9H2,(H2,17,18,19). The van der Waals surface area contributed by atoms with Gasteiger partial charge < -0.3 is 10.6 Å². The van der Waals surface area contributed by atoms with Crippen molar-refractivity contribution in [2.75, 3.05) is 5.32 Å². The number of carbonyl (C=O) groups excluding carboxylic acids is 1. The fourth-order valence-electron chi connectivity index (χ4n) is 1.54. The van der Waals surface area contributed by atoms with Crippen LogP contribution in [0.5, 0.6) is 0 Å². The van der Waals surface area contributed by atoms with Crippen LogP contribution in [0.1, 0.15) is 5.56 Å². The maximum atomic E-state index is 11.8. The third-order valence-corrected chi connectivity index (χ3v) is 3.40. The maximum Gasteiger partial charge on any atom is 0.319 e. The first-order valence-corrected chi connectivity index (χ1v) is 6.86. The number of carbonyl (C=O) groups is 1. The van der Waals surface area contributed by atoms with E-state index in [0.717, 1.165) is 10.0 Å². The van der Waals surface area contributed by atoms with Gasteiger partial charge in [-0.05, 0) is 39.7 Å². The van der Waals surface area contributed by atoms with Gasteiger partial charge in [0.1, 0.15) is 0 Å². The van der Waals surface area contributed by atoms with E-state index in [1.807, 2.05) is 30.3 Å². The molecule has 2 aromatic rings. The van der Waals surface area contributed by atoms with Crippen LogP contribution in [0.3, 0.4) is 0 Å². The lowest BCUT2D eigenvalue weighted by Crippen LogP contribution is -2.28. The van der Waals surface area contributed by atoms with Crippen molar-refractivity contribution in [1.82, 2.24) is 5.32 Å². The monoisotopic (exact) mass is 338 g/mol. The van der Waals surface area contributed by atoms with E-state index in [4.69, 9.17) is 11.6 Å². The third kappa shape index (κ3) is 4.26. The number of hydrogen-bond acceptors (Lipinski definition) is 1. The fraction of sp³-hybridized carbons (Fsp3) is 0.0714. The molecule has 0 heterocycles. The molecule has 3 nitrogen and oxygen atoms in total. The third-order valence-electron chi connectivity index (χ3n) is 2.47. The molecule has 2 aromatic carbocycles. The van der Waals surface area contributed by atoms with Crippen molar-refractivity contribution < 1.29 is 4.79 Å². The Bertz CT molecular complexity index is 575. The summed E-state index contributed by atoms with van der Waals surface area (Å²) in [6, 6.07) is 14.7. The second-order valence-corrected chi connectivity index (χ2v) is 5.21. The Kier molecular flexibility index (Phi) is 4.82. The number of benzene rings is 2. The maximum absolute atomic E-state index is 11.8. The number of rotatable bonds is 3. The smallest absolute Gasteiger partial charge is 0.319 e. The lowest BCUT2D eigenvalue weighted by molar-refractivity contribution is 0.251. The van der Waals surface area contributed by atoms with Gasteiger partial charge >= 0.3 is 6.03 Å². The second-order valence-electron chi connectivity index (χ2n) is 3.92. The Balaban J connectivity index is 1.93. The molecule has 0 aromatic heterocycles. The molecule has 2 N–H and O–H groups in total. The van der Waals surface area contributed by atoms with Gasteiger partial charge in [-0.2, -0.15) is 0 Å². The molecule has 5 heteroatoms. The van der Waals surface area contributed by atoms with Gasteiger partial charge in [0.25, 0.3) is 0 Å². The van der Waals surface area contributed by atoms with Gasteiger partial charge in [0.2, 0.25) is 0 Å². The molecule has 2 amide bonds. The molecule has 0 saturated carbocycles. The predicted octanol–water partition coefficient (Wildman–Crippen LogP) is 4.42. The molecule has 98 valence electrons. The van der Waals surface area contributed by atoms with E-state index in [1.165, 1.54) is 0 Å². The van der Waals surface area contributed by atoms with Crippen molar-refractivity contribution in [3.63, 3.8) is 0 Å². The van der Waals surface area contributed by atoms with E-state index in [9.17, 15) is 4.79 Å². The molecule has 0 fully saturated rings. The van der Waals surface area contributed by atoms with Gasteiger partial charge in [0.05, 0.1) is 5.69 Å². The van der Waals surface area contributed by atoms with Crippen LogP contribution in [-0.4, -0.2) is 6.03 Å². The van der Waals surface area contributed by atoms with Crippen molar-refractivity contribution in [3.8, 4) is 0 Å². The van der Waals surface area contributed by atoms with Crippen LogP contribution in [0.2, 0.25) is 5.02 Å². The summed E-state index contributed by atoms with van der Waals surface area (Å²) in [4.78, 5) is 11.8. The Labute approximate surface area is 125 Å². The molecule has 2 rings (SSSR count). The molecule has 0 radical (unpaired) electrons. The summed E-state index contributed by atoms with van der Waals surface area (Å²) in [7, 11) is 0. The van der Waals surface area contributed by atoms with Crippen LogP contribution in [0.25, 0.3) is 0 Å². The van der Waals surface area contributed by atoms with E-state index >= 15 is 0 Å². The first kappa shape index (κ1) is 13.9. The zero-order chi connectivity index (χ0) is 13.7. The van der Waals surface area contributed by atoms with Gasteiger partial charge in [-0.25, -0.2) is 4.79 Å². The molecule has 0 aliphatic carbocycles. The molecule has 0 aliphatic rings. The molecular formula is C14H12BrClN2O. The number of nitrogens with one attached hydrogen (secondary N) is 2. The zero-order valence-electron chi connectivity index (χ0n) is 9.99. The topological polar surface area (TPSA) is 41.1 Å². The molecule has 0 bridgehead atoms. The van der Waals surface area contributed by atoms with Gasteiger partial charge in [-0.15, -0.1) is 0 Å². The number of amides is 2. The van der Waals surface area contributed by atoms with E-state index < -0.39 is 0 Å². The summed E-state index contributed by atoms with van der Waals surface area (Å²) in [5.74, 6) is 0. The molecule has 0 saturated heterocycles. The summed E-state index contributed by atoms with van der Waals surface area (Å²) in [6.07, 6.45) is 0. The van der Waals surface area contributed by atoms with E-state index in [1.54, 1.807) is 18.2 Å². The zero-order valence-corrected chi connectivity index (χ0v) is 12.3. The number of halogens is 2. The van der Waals surface area contributed by atoms with Gasteiger partial charge in [-0.1, -0.05) is 41.9 Å².